The van der Waals surface area contributed by atoms with Crippen molar-refractivity contribution in [2.45, 2.75) is 6.92 Å². The molecule has 0 saturated heterocycles. The molecule has 1 aromatic rings. The Hall–Kier alpha value is -1.06. The maximum Gasteiger partial charge on any atom is 0.190 e. The van der Waals surface area contributed by atoms with Gasteiger partial charge in [-0.2, -0.15) is 0 Å². The van der Waals surface area contributed by atoms with Crippen molar-refractivity contribution >= 4 is 18.9 Å². The molecule has 1 unspecified atom stereocenters. The Morgan fingerprint density at radius 2 is 2.38 bits per heavy atom. The topological polar surface area (TPSA) is 37.4 Å². The van der Waals surface area contributed by atoms with E-state index in [1.54, 1.807) is 12.4 Å². The highest BCUT2D eigenvalue weighted by molar-refractivity contribution is 8.02. The summed E-state index contributed by atoms with van der Waals surface area (Å²) in [5, 5.41) is 3.15. The lowest BCUT2D eigenvalue weighted by molar-refractivity contribution is 0.554. The summed E-state index contributed by atoms with van der Waals surface area (Å²) in [6.45, 7) is 1.96. The molecule has 0 amide bonds. The van der Waals surface area contributed by atoms with Gasteiger partial charge in [0.15, 0.2) is 7.07 Å². The van der Waals surface area contributed by atoms with Crippen molar-refractivity contribution < 1.29 is 4.52 Å². The first-order valence-electron chi connectivity index (χ1n) is 4.81. The largest absolute Gasteiger partial charge is 0.450 e. The number of pyridine rings is 1. The van der Waals surface area contributed by atoms with Crippen molar-refractivity contribution in [2.75, 3.05) is 14.1 Å². The minimum Gasteiger partial charge on any atom is -0.450 e. The van der Waals surface area contributed by atoms with Gasteiger partial charge in [-0.15, -0.1) is 0 Å². The highest BCUT2D eigenvalue weighted by atomic mass is 32.4. The molecule has 0 aliphatic heterocycles. The van der Waals surface area contributed by atoms with Gasteiger partial charge in [0.05, 0.1) is 6.20 Å². The maximum absolute atomic E-state index is 5.55. The first-order valence-corrected chi connectivity index (χ1v) is 7.36. The number of nitrogens with one attached hydrogen (secondary N) is 1. The first kappa shape index (κ1) is 13.0. The monoisotopic (exact) mass is 257 g/mol. The Kier molecular flexibility index (Phi) is 5.29. The molecule has 1 heterocycles. The number of rotatable bonds is 5. The normalized spacial score (nSPS) is 13.1. The summed E-state index contributed by atoms with van der Waals surface area (Å²) in [6.07, 6.45) is 5.32. The van der Waals surface area contributed by atoms with Gasteiger partial charge in [-0.3, -0.25) is 4.98 Å². The average Bonchev–Trinajstić information content (AvgIpc) is 2.17. The molecule has 0 saturated carbocycles. The van der Waals surface area contributed by atoms with E-state index >= 15 is 0 Å². The summed E-state index contributed by atoms with van der Waals surface area (Å²) in [6, 6.07) is 3.67. The van der Waals surface area contributed by atoms with E-state index in [9.17, 15) is 0 Å². The molecule has 0 aliphatic carbocycles. The van der Waals surface area contributed by atoms with Crippen LogP contribution in [0, 0.1) is 0 Å². The summed E-state index contributed by atoms with van der Waals surface area (Å²) in [4.78, 5) is 5.91. The SMILES string of the molecule is C/C(=C\N(C)C)N[PH](=S)Oc1cccnc1. The Bertz CT molecular complexity index is 381. The van der Waals surface area contributed by atoms with Crippen molar-refractivity contribution in [1.82, 2.24) is 15.0 Å². The number of nitrogens with zero attached hydrogens (tertiary/aromatic N) is 2. The fourth-order valence-electron chi connectivity index (χ4n) is 1.12. The van der Waals surface area contributed by atoms with Gasteiger partial charge in [0.1, 0.15) is 5.75 Å². The molecule has 0 fully saturated rings. The summed E-state index contributed by atoms with van der Waals surface area (Å²) < 4.78 is 5.55. The highest BCUT2D eigenvalue weighted by Crippen LogP contribution is 2.23. The van der Waals surface area contributed by atoms with Gasteiger partial charge in [-0.25, -0.2) is 0 Å². The molecular weight excluding hydrogens is 241 g/mol. The molecule has 4 nitrogen and oxygen atoms in total. The Labute approximate surface area is 102 Å². The van der Waals surface area contributed by atoms with E-state index in [2.05, 4.69) is 10.1 Å². The third-order valence-corrected chi connectivity index (χ3v) is 3.17. The molecule has 88 valence electrons. The number of aromatic nitrogens is 1. The van der Waals surface area contributed by atoms with Gasteiger partial charge >= 0.3 is 0 Å². The van der Waals surface area contributed by atoms with E-state index in [1.807, 2.05) is 44.3 Å². The molecule has 0 aliphatic rings. The third-order valence-electron chi connectivity index (χ3n) is 1.60. The zero-order chi connectivity index (χ0) is 12.0. The molecule has 0 radical (unpaired) electrons. The van der Waals surface area contributed by atoms with Crippen molar-refractivity contribution in [3.05, 3.63) is 36.4 Å². The average molecular weight is 257 g/mol. The second-order valence-electron chi connectivity index (χ2n) is 3.48. The van der Waals surface area contributed by atoms with Crippen LogP contribution in [-0.2, 0) is 11.8 Å². The van der Waals surface area contributed by atoms with Crippen molar-refractivity contribution in [2.24, 2.45) is 0 Å². The highest BCUT2D eigenvalue weighted by Gasteiger charge is 1.97. The quantitative estimate of drug-likeness (QED) is 0.816. The predicted octanol–water partition coefficient (Wildman–Crippen LogP) is 1.98. The molecule has 0 bridgehead atoms. The summed E-state index contributed by atoms with van der Waals surface area (Å²) in [7, 11) is 2.43. The van der Waals surface area contributed by atoms with E-state index < -0.39 is 7.07 Å². The third kappa shape index (κ3) is 5.14. The van der Waals surface area contributed by atoms with Gasteiger partial charge in [-0.1, -0.05) is 0 Å². The maximum atomic E-state index is 5.55. The molecular formula is C10H16N3OPS. The molecule has 6 heteroatoms. The molecule has 0 aromatic carbocycles. The van der Waals surface area contributed by atoms with Crippen LogP contribution in [0.4, 0.5) is 0 Å². The van der Waals surface area contributed by atoms with Crippen LogP contribution in [0.25, 0.3) is 0 Å². The van der Waals surface area contributed by atoms with Crippen LogP contribution in [0.15, 0.2) is 36.4 Å². The van der Waals surface area contributed by atoms with Crippen LogP contribution in [-0.4, -0.2) is 24.0 Å². The van der Waals surface area contributed by atoms with Gasteiger partial charge in [-0.05, 0) is 30.9 Å². The molecule has 0 spiro atoms. The van der Waals surface area contributed by atoms with Crippen LogP contribution < -0.4 is 9.61 Å². The van der Waals surface area contributed by atoms with Crippen LogP contribution >= 0.6 is 7.07 Å². The van der Waals surface area contributed by atoms with E-state index in [0.29, 0.717) is 5.75 Å². The summed E-state index contributed by atoms with van der Waals surface area (Å²) >= 11 is 5.23. The lowest BCUT2D eigenvalue weighted by Crippen LogP contribution is -2.09. The number of hydrogen-bond acceptors (Lipinski definition) is 4. The molecule has 1 aromatic heterocycles. The molecule has 1 N–H and O–H groups in total. The fraction of sp³-hybridized carbons (Fsp3) is 0.300. The zero-order valence-electron chi connectivity index (χ0n) is 9.60. The Morgan fingerprint density at radius 1 is 1.62 bits per heavy atom. The second kappa shape index (κ2) is 6.51. The number of hydrogen-bond donors (Lipinski definition) is 1. The van der Waals surface area contributed by atoms with Gasteiger partial charge in [0.25, 0.3) is 0 Å². The van der Waals surface area contributed by atoms with Gasteiger partial charge in [0, 0.05) is 32.2 Å². The van der Waals surface area contributed by atoms with Crippen LogP contribution in [0.2, 0.25) is 0 Å². The van der Waals surface area contributed by atoms with E-state index in [-0.39, 0.29) is 0 Å². The van der Waals surface area contributed by atoms with E-state index in [4.69, 9.17) is 16.3 Å². The van der Waals surface area contributed by atoms with Crippen molar-refractivity contribution in [3.63, 3.8) is 0 Å². The lowest BCUT2D eigenvalue weighted by Gasteiger charge is -2.13. The Balaban J connectivity index is 2.49. The fourth-order valence-corrected chi connectivity index (χ4v) is 2.66. The Morgan fingerprint density at radius 3 is 2.94 bits per heavy atom. The standard InChI is InChI=1S/C10H16N3OPS/c1-9(8-13(2)3)12-15(16)14-10-5-4-6-11-7-10/h4-8,15H,1-3H3,(H,12,16)/b9-8+. The smallest absolute Gasteiger partial charge is 0.190 e. The first-order chi connectivity index (χ1) is 7.58. The van der Waals surface area contributed by atoms with E-state index in [1.165, 1.54) is 0 Å². The molecule has 1 atom stereocenters. The summed E-state index contributed by atoms with van der Waals surface area (Å²) in [5.74, 6) is 0.705. The summed E-state index contributed by atoms with van der Waals surface area (Å²) in [5.41, 5.74) is 0.998. The van der Waals surface area contributed by atoms with Crippen LogP contribution in [0.1, 0.15) is 6.92 Å². The number of allylic oxidation sites excluding steroid dienone is 1. The van der Waals surface area contributed by atoms with Gasteiger partial charge in [0.2, 0.25) is 0 Å². The van der Waals surface area contributed by atoms with Crippen molar-refractivity contribution in [1.29, 1.82) is 0 Å². The molecule has 16 heavy (non-hydrogen) atoms. The van der Waals surface area contributed by atoms with Crippen LogP contribution in [0.5, 0.6) is 5.75 Å². The zero-order valence-corrected chi connectivity index (χ0v) is 11.4. The van der Waals surface area contributed by atoms with Crippen molar-refractivity contribution in [3.8, 4) is 5.75 Å². The van der Waals surface area contributed by atoms with E-state index in [0.717, 1.165) is 5.70 Å². The minimum absolute atomic E-state index is 0.705. The molecule has 1 rings (SSSR count). The van der Waals surface area contributed by atoms with Gasteiger partial charge < -0.3 is 14.5 Å². The second-order valence-corrected chi connectivity index (χ2v) is 5.62. The minimum atomic E-state index is -1.49. The van der Waals surface area contributed by atoms with Crippen LogP contribution in [0.3, 0.4) is 0 Å². The predicted molar refractivity (Wildman–Crippen MR) is 71.1 cm³/mol. The lowest BCUT2D eigenvalue weighted by atomic mass is 10.5.